The predicted molar refractivity (Wildman–Crippen MR) is 92.2 cm³/mol. The first-order valence-electron chi connectivity index (χ1n) is 7.85. The lowest BCUT2D eigenvalue weighted by molar-refractivity contribution is -0.112. The number of hydrogen-bond acceptors (Lipinski definition) is 2. The molecule has 0 amide bonds. The third-order valence-electron chi connectivity index (χ3n) is 3.63. The van der Waals surface area contributed by atoms with Crippen molar-refractivity contribution in [2.75, 3.05) is 0 Å². The topological polar surface area (TPSA) is 17.1 Å². The fourth-order valence-electron chi connectivity index (χ4n) is 2.14. The van der Waals surface area contributed by atoms with E-state index in [1.165, 1.54) is 57.8 Å². The maximum absolute atomic E-state index is 11.0. The molecule has 112 valence electrons. The summed E-state index contributed by atoms with van der Waals surface area (Å²) in [6, 6.07) is 0. The van der Waals surface area contributed by atoms with Gasteiger partial charge < -0.3 is 0 Å². The largest absolute Gasteiger partial charge is 0.287 e. The molecule has 3 heteroatoms. The summed E-state index contributed by atoms with van der Waals surface area (Å²) in [5, 5.41) is -0.0999. The first-order valence-corrected chi connectivity index (χ1v) is 8.70. The molecule has 1 unspecified atom stereocenters. The molecule has 0 spiro atoms. The summed E-state index contributed by atoms with van der Waals surface area (Å²) in [5.74, 6) is -0.156. The van der Waals surface area contributed by atoms with Gasteiger partial charge in [-0.3, -0.25) is 4.79 Å². The molecule has 0 N–H and O–H groups in total. The number of hydrogen-bond donors (Lipinski definition) is 1. The van der Waals surface area contributed by atoms with Crippen molar-refractivity contribution in [2.24, 2.45) is 5.92 Å². The Bertz CT molecular complexity index is 251. The van der Waals surface area contributed by atoms with Gasteiger partial charge in [0.15, 0.2) is 5.12 Å². The highest BCUT2D eigenvalue weighted by molar-refractivity contribution is 7.96. The predicted octanol–water partition coefficient (Wildman–Crippen LogP) is 5.76. The molecule has 0 saturated carbocycles. The maximum Gasteiger partial charge on any atom is 0.193 e. The van der Waals surface area contributed by atoms with Crippen molar-refractivity contribution >= 4 is 34.8 Å². The van der Waals surface area contributed by atoms with Gasteiger partial charge in [-0.2, -0.15) is 0 Å². The van der Waals surface area contributed by atoms with Crippen LogP contribution in [0.2, 0.25) is 0 Å². The molecular formula is C16H30OS2. The van der Waals surface area contributed by atoms with Gasteiger partial charge in [0.2, 0.25) is 0 Å². The molecule has 1 atom stereocenters. The molecule has 1 nitrogen and oxygen atoms in total. The summed E-state index contributed by atoms with van der Waals surface area (Å²) in [6.45, 7) is 4.11. The Morgan fingerprint density at radius 3 is 1.79 bits per heavy atom. The molecule has 0 aliphatic heterocycles. The van der Waals surface area contributed by atoms with E-state index >= 15 is 0 Å². The summed E-state index contributed by atoms with van der Waals surface area (Å²) in [4.78, 5) is 11.9. The van der Waals surface area contributed by atoms with Crippen molar-refractivity contribution in [3.8, 4) is 0 Å². The van der Waals surface area contributed by atoms with Crippen molar-refractivity contribution in [1.29, 1.82) is 0 Å². The lowest BCUT2D eigenvalue weighted by Crippen LogP contribution is -2.14. The van der Waals surface area contributed by atoms with E-state index in [1.807, 2.05) is 6.92 Å². The quantitative estimate of drug-likeness (QED) is 0.265. The molecule has 19 heavy (non-hydrogen) atoms. The number of unbranched alkanes of at least 4 members (excludes halogenated alkanes) is 9. The second-order valence-electron chi connectivity index (χ2n) is 5.46. The van der Waals surface area contributed by atoms with Crippen LogP contribution in [0.5, 0.6) is 0 Å². The average Bonchev–Trinajstić information content (AvgIpc) is 2.39. The lowest BCUT2D eigenvalue weighted by atomic mass is 10.0. The minimum absolute atomic E-state index is 0.0999. The maximum atomic E-state index is 11.0. The standard InChI is InChI=1S/C16H30OS2/c1-3-4-5-6-7-8-9-10-11-12-13-15(18)14(2)16(17)19/h14H,3-13H2,1-2H3,(H,17,19). The van der Waals surface area contributed by atoms with Crippen molar-refractivity contribution < 1.29 is 4.79 Å². The molecule has 0 saturated heterocycles. The van der Waals surface area contributed by atoms with Crippen molar-refractivity contribution in [2.45, 2.75) is 84.5 Å². The van der Waals surface area contributed by atoms with Crippen LogP contribution in [0.1, 0.15) is 84.5 Å². The molecule has 0 bridgehead atoms. The van der Waals surface area contributed by atoms with Crippen molar-refractivity contribution in [3.05, 3.63) is 0 Å². The van der Waals surface area contributed by atoms with Crippen LogP contribution in [0.3, 0.4) is 0 Å². The van der Waals surface area contributed by atoms with Gasteiger partial charge in [-0.15, -0.1) is 12.6 Å². The summed E-state index contributed by atoms with van der Waals surface area (Å²) >= 11 is 9.08. The minimum atomic E-state index is -0.156. The highest BCUT2D eigenvalue weighted by Crippen LogP contribution is 2.14. The van der Waals surface area contributed by atoms with E-state index in [0.717, 1.165) is 17.7 Å². The van der Waals surface area contributed by atoms with Crippen LogP contribution in [-0.4, -0.2) is 9.98 Å². The zero-order valence-electron chi connectivity index (χ0n) is 12.6. The van der Waals surface area contributed by atoms with Gasteiger partial charge >= 0.3 is 0 Å². The van der Waals surface area contributed by atoms with Gasteiger partial charge in [0.25, 0.3) is 0 Å². The average molecular weight is 303 g/mol. The van der Waals surface area contributed by atoms with Gasteiger partial charge in [0.05, 0.1) is 5.92 Å². The van der Waals surface area contributed by atoms with Crippen LogP contribution >= 0.6 is 24.8 Å². The van der Waals surface area contributed by atoms with Gasteiger partial charge in [0.1, 0.15) is 0 Å². The minimum Gasteiger partial charge on any atom is -0.287 e. The fraction of sp³-hybridized carbons (Fsp3) is 0.875. The molecule has 0 aromatic heterocycles. The van der Waals surface area contributed by atoms with Crippen LogP contribution < -0.4 is 0 Å². The molecular weight excluding hydrogens is 272 g/mol. The zero-order chi connectivity index (χ0) is 14.5. The third kappa shape index (κ3) is 11.6. The molecule has 0 fully saturated rings. The molecule has 0 aromatic rings. The van der Waals surface area contributed by atoms with Crippen LogP contribution in [0.25, 0.3) is 0 Å². The van der Waals surface area contributed by atoms with E-state index in [1.54, 1.807) is 0 Å². The first-order chi connectivity index (χ1) is 9.09. The van der Waals surface area contributed by atoms with E-state index in [0.29, 0.717) is 0 Å². The number of carbonyl (C=O) groups excluding carboxylic acids is 1. The monoisotopic (exact) mass is 302 g/mol. The molecule has 0 heterocycles. The van der Waals surface area contributed by atoms with Crippen molar-refractivity contribution in [3.63, 3.8) is 0 Å². The van der Waals surface area contributed by atoms with Gasteiger partial charge in [0, 0.05) is 4.86 Å². The van der Waals surface area contributed by atoms with E-state index in [9.17, 15) is 4.79 Å². The van der Waals surface area contributed by atoms with Gasteiger partial charge in [-0.05, 0) is 12.8 Å². The van der Waals surface area contributed by atoms with E-state index < -0.39 is 0 Å². The fourth-order valence-corrected chi connectivity index (χ4v) is 2.64. The number of carbonyl (C=O) groups is 1. The highest BCUT2D eigenvalue weighted by atomic mass is 32.1. The van der Waals surface area contributed by atoms with Crippen LogP contribution in [0.4, 0.5) is 0 Å². The highest BCUT2D eigenvalue weighted by Gasteiger charge is 2.13. The van der Waals surface area contributed by atoms with Crippen LogP contribution in [-0.2, 0) is 4.79 Å². The Morgan fingerprint density at radius 2 is 1.37 bits per heavy atom. The number of rotatable bonds is 13. The second-order valence-corrected chi connectivity index (χ2v) is 6.42. The second kappa shape index (κ2) is 13.1. The number of thiocarbonyl (C=S) groups is 1. The normalized spacial score (nSPS) is 12.4. The summed E-state index contributed by atoms with van der Waals surface area (Å²) in [5.41, 5.74) is 0. The first kappa shape index (κ1) is 19.1. The molecule has 0 aliphatic rings. The Labute approximate surface area is 130 Å². The Hall–Kier alpha value is 0.110. The van der Waals surface area contributed by atoms with E-state index in [2.05, 4.69) is 19.6 Å². The Balaban J connectivity index is 3.27. The van der Waals surface area contributed by atoms with Crippen LogP contribution in [0.15, 0.2) is 0 Å². The van der Waals surface area contributed by atoms with Crippen LogP contribution in [0, 0.1) is 5.92 Å². The Kier molecular flexibility index (Phi) is 13.2. The summed E-state index contributed by atoms with van der Waals surface area (Å²) < 4.78 is 0. The zero-order valence-corrected chi connectivity index (χ0v) is 14.3. The van der Waals surface area contributed by atoms with E-state index in [4.69, 9.17) is 12.2 Å². The van der Waals surface area contributed by atoms with Gasteiger partial charge in [-0.25, -0.2) is 0 Å². The van der Waals surface area contributed by atoms with Crippen molar-refractivity contribution in [1.82, 2.24) is 0 Å². The Morgan fingerprint density at radius 1 is 0.947 bits per heavy atom. The number of thiol groups is 1. The smallest absolute Gasteiger partial charge is 0.193 e. The third-order valence-corrected chi connectivity index (χ3v) is 4.58. The molecule has 0 aromatic carbocycles. The summed E-state index contributed by atoms with van der Waals surface area (Å²) in [6.07, 6.45) is 14.2. The molecule has 0 radical (unpaired) electrons. The molecule has 0 rings (SSSR count). The van der Waals surface area contributed by atoms with Gasteiger partial charge in [-0.1, -0.05) is 83.9 Å². The van der Waals surface area contributed by atoms with E-state index in [-0.39, 0.29) is 11.0 Å². The molecule has 0 aliphatic carbocycles. The SMILES string of the molecule is CCCCCCCCCCCCC(=S)C(C)C(=O)S. The summed E-state index contributed by atoms with van der Waals surface area (Å²) in [7, 11) is 0. The lowest BCUT2D eigenvalue weighted by Gasteiger charge is -2.08.